The van der Waals surface area contributed by atoms with Gasteiger partial charge < -0.3 is 15.0 Å². The zero-order valence-corrected chi connectivity index (χ0v) is 11.6. The number of likely N-dealkylation sites (N-methyl/N-ethyl adjacent to an activating group) is 1. The van der Waals surface area contributed by atoms with Crippen molar-refractivity contribution in [3.63, 3.8) is 0 Å². The number of nitrogens with one attached hydrogen (secondary N) is 1. The van der Waals surface area contributed by atoms with Gasteiger partial charge in [-0.25, -0.2) is 0 Å². The maximum absolute atomic E-state index is 11.9. The Kier molecular flexibility index (Phi) is 5.40. The van der Waals surface area contributed by atoms with Crippen molar-refractivity contribution in [2.24, 2.45) is 5.92 Å². The third-order valence-electron chi connectivity index (χ3n) is 3.69. The Balaban J connectivity index is 2.53. The molecule has 1 unspecified atom stereocenters. The van der Waals surface area contributed by atoms with Gasteiger partial charge in [-0.05, 0) is 52.7 Å². The molecule has 1 heterocycles. The van der Waals surface area contributed by atoms with Crippen molar-refractivity contribution in [2.45, 2.75) is 39.2 Å². The van der Waals surface area contributed by atoms with Gasteiger partial charge in [-0.2, -0.15) is 0 Å². The molecule has 0 saturated carbocycles. The second-order valence-corrected chi connectivity index (χ2v) is 5.26. The van der Waals surface area contributed by atoms with E-state index >= 15 is 0 Å². The van der Waals surface area contributed by atoms with Crippen molar-refractivity contribution >= 4 is 5.97 Å². The molecule has 0 radical (unpaired) electrons. The van der Waals surface area contributed by atoms with Gasteiger partial charge in [-0.1, -0.05) is 6.92 Å². The summed E-state index contributed by atoms with van der Waals surface area (Å²) < 4.78 is 5.13. The number of esters is 1. The minimum absolute atomic E-state index is 0.152. The minimum atomic E-state index is -0.587. The average Bonchev–Trinajstić information content (AvgIpc) is 2.32. The Labute approximate surface area is 105 Å². The van der Waals surface area contributed by atoms with E-state index < -0.39 is 5.54 Å². The summed E-state index contributed by atoms with van der Waals surface area (Å²) in [5.41, 5.74) is -0.587. The summed E-state index contributed by atoms with van der Waals surface area (Å²) in [4.78, 5) is 14.3. The lowest BCUT2D eigenvalue weighted by Crippen LogP contribution is -2.57. The fourth-order valence-electron chi connectivity index (χ4n) is 2.20. The van der Waals surface area contributed by atoms with E-state index in [4.69, 9.17) is 4.74 Å². The van der Waals surface area contributed by atoms with Gasteiger partial charge in [-0.3, -0.25) is 4.79 Å². The first kappa shape index (κ1) is 14.5. The lowest BCUT2D eigenvalue weighted by Gasteiger charge is -2.36. The van der Waals surface area contributed by atoms with E-state index in [2.05, 4.69) is 17.1 Å². The van der Waals surface area contributed by atoms with Crippen LogP contribution in [0.3, 0.4) is 0 Å². The highest BCUT2D eigenvalue weighted by molar-refractivity contribution is 5.80. The highest BCUT2D eigenvalue weighted by atomic mass is 16.5. The summed E-state index contributed by atoms with van der Waals surface area (Å²) in [6, 6.07) is 0. The predicted molar refractivity (Wildman–Crippen MR) is 68.9 cm³/mol. The maximum Gasteiger partial charge on any atom is 0.327 e. The second-order valence-electron chi connectivity index (χ2n) is 5.26. The summed E-state index contributed by atoms with van der Waals surface area (Å²) >= 11 is 0. The summed E-state index contributed by atoms with van der Waals surface area (Å²) in [5.74, 6) is 0.663. The molecule has 1 aliphatic rings. The molecule has 100 valence electrons. The molecule has 1 fully saturated rings. The van der Waals surface area contributed by atoms with Gasteiger partial charge >= 0.3 is 5.97 Å². The van der Waals surface area contributed by atoms with Crippen LogP contribution in [0.25, 0.3) is 0 Å². The zero-order chi connectivity index (χ0) is 12.9. The molecule has 0 aliphatic carbocycles. The van der Waals surface area contributed by atoms with Crippen LogP contribution in [-0.2, 0) is 9.53 Å². The monoisotopic (exact) mass is 242 g/mol. The molecule has 4 nitrogen and oxygen atoms in total. The normalized spacial score (nSPS) is 22.1. The van der Waals surface area contributed by atoms with Crippen LogP contribution < -0.4 is 5.32 Å². The highest BCUT2D eigenvalue weighted by Crippen LogP contribution is 2.18. The van der Waals surface area contributed by atoms with Gasteiger partial charge in [0, 0.05) is 6.54 Å². The standard InChI is InChI=1S/C13H26N2O2/c1-5-17-12(16)13(3,14-4)10-15-8-6-11(2)7-9-15/h11,14H,5-10H2,1-4H3. The largest absolute Gasteiger partial charge is 0.465 e. The van der Waals surface area contributed by atoms with E-state index in [0.717, 1.165) is 25.6 Å². The molecule has 17 heavy (non-hydrogen) atoms. The Hall–Kier alpha value is -0.610. The van der Waals surface area contributed by atoms with Crippen LogP contribution in [0.15, 0.2) is 0 Å². The number of rotatable bonds is 5. The lowest BCUT2D eigenvalue weighted by atomic mass is 9.96. The lowest BCUT2D eigenvalue weighted by molar-refractivity contribution is -0.151. The Morgan fingerprint density at radius 1 is 1.47 bits per heavy atom. The topological polar surface area (TPSA) is 41.6 Å². The Bertz CT molecular complexity index is 250. The van der Waals surface area contributed by atoms with Crippen molar-refractivity contribution in [2.75, 3.05) is 33.3 Å². The van der Waals surface area contributed by atoms with Gasteiger partial charge in [0.15, 0.2) is 0 Å². The van der Waals surface area contributed by atoms with Crippen LogP contribution in [0.4, 0.5) is 0 Å². The van der Waals surface area contributed by atoms with E-state index in [1.165, 1.54) is 12.8 Å². The first-order valence-electron chi connectivity index (χ1n) is 6.60. The molecule has 1 aliphatic heterocycles. The molecule has 1 saturated heterocycles. The molecule has 1 atom stereocenters. The summed E-state index contributed by atoms with van der Waals surface area (Å²) in [7, 11) is 1.82. The van der Waals surface area contributed by atoms with E-state index in [1.54, 1.807) is 0 Å². The fraction of sp³-hybridized carbons (Fsp3) is 0.923. The van der Waals surface area contributed by atoms with Crippen LogP contribution in [0.5, 0.6) is 0 Å². The third-order valence-corrected chi connectivity index (χ3v) is 3.69. The summed E-state index contributed by atoms with van der Waals surface area (Å²) in [6.07, 6.45) is 2.45. The van der Waals surface area contributed by atoms with Crippen LogP contribution in [0.2, 0.25) is 0 Å². The van der Waals surface area contributed by atoms with Gasteiger partial charge in [0.2, 0.25) is 0 Å². The Morgan fingerprint density at radius 3 is 2.53 bits per heavy atom. The van der Waals surface area contributed by atoms with E-state index in [9.17, 15) is 4.79 Å². The maximum atomic E-state index is 11.9. The number of carbonyl (C=O) groups is 1. The van der Waals surface area contributed by atoms with E-state index in [1.807, 2.05) is 20.9 Å². The number of ether oxygens (including phenoxy) is 1. The third kappa shape index (κ3) is 3.96. The number of carbonyl (C=O) groups excluding carboxylic acids is 1. The second kappa shape index (κ2) is 6.36. The first-order valence-corrected chi connectivity index (χ1v) is 6.60. The molecule has 1 N–H and O–H groups in total. The van der Waals surface area contributed by atoms with Crippen LogP contribution in [-0.4, -0.2) is 49.7 Å². The first-order chi connectivity index (χ1) is 8.01. The molecular formula is C13H26N2O2. The van der Waals surface area contributed by atoms with Crippen molar-refractivity contribution in [1.82, 2.24) is 10.2 Å². The molecule has 4 heteroatoms. The van der Waals surface area contributed by atoms with Crippen molar-refractivity contribution in [3.8, 4) is 0 Å². The van der Waals surface area contributed by atoms with Crippen molar-refractivity contribution < 1.29 is 9.53 Å². The molecule has 0 aromatic carbocycles. The molecule has 0 amide bonds. The number of piperidine rings is 1. The molecule has 0 bridgehead atoms. The number of likely N-dealkylation sites (tertiary alicyclic amines) is 1. The van der Waals surface area contributed by atoms with Gasteiger partial charge in [-0.15, -0.1) is 0 Å². The molecular weight excluding hydrogens is 216 g/mol. The quantitative estimate of drug-likeness (QED) is 0.737. The van der Waals surface area contributed by atoms with E-state index in [0.29, 0.717) is 6.61 Å². The molecule has 1 rings (SSSR count). The summed E-state index contributed by atoms with van der Waals surface area (Å²) in [6.45, 7) is 9.39. The fourth-order valence-corrected chi connectivity index (χ4v) is 2.20. The highest BCUT2D eigenvalue weighted by Gasteiger charge is 2.35. The van der Waals surface area contributed by atoms with Gasteiger partial charge in [0.25, 0.3) is 0 Å². The Morgan fingerprint density at radius 2 is 2.06 bits per heavy atom. The zero-order valence-electron chi connectivity index (χ0n) is 11.6. The number of hydrogen-bond acceptors (Lipinski definition) is 4. The molecule has 0 aromatic heterocycles. The van der Waals surface area contributed by atoms with Crippen LogP contribution in [0, 0.1) is 5.92 Å². The van der Waals surface area contributed by atoms with Crippen LogP contribution in [0.1, 0.15) is 33.6 Å². The van der Waals surface area contributed by atoms with Crippen molar-refractivity contribution in [1.29, 1.82) is 0 Å². The summed E-state index contributed by atoms with van der Waals surface area (Å²) in [5, 5.41) is 3.11. The smallest absolute Gasteiger partial charge is 0.327 e. The average molecular weight is 242 g/mol. The molecule has 0 aromatic rings. The number of nitrogens with zero attached hydrogens (tertiary/aromatic N) is 1. The van der Waals surface area contributed by atoms with Crippen LogP contribution >= 0.6 is 0 Å². The number of hydrogen-bond donors (Lipinski definition) is 1. The van der Waals surface area contributed by atoms with E-state index in [-0.39, 0.29) is 5.97 Å². The predicted octanol–water partition coefficient (Wildman–Crippen LogP) is 1.26. The SMILES string of the molecule is CCOC(=O)C(C)(CN1CCC(C)CC1)NC. The van der Waals surface area contributed by atoms with Gasteiger partial charge in [0.1, 0.15) is 5.54 Å². The van der Waals surface area contributed by atoms with Gasteiger partial charge in [0.05, 0.1) is 6.61 Å². The molecule has 0 spiro atoms. The van der Waals surface area contributed by atoms with Crippen molar-refractivity contribution in [3.05, 3.63) is 0 Å². The minimum Gasteiger partial charge on any atom is -0.465 e.